The molecule has 2 aromatic rings. The maximum absolute atomic E-state index is 13.2. The van der Waals surface area contributed by atoms with Gasteiger partial charge in [-0.3, -0.25) is 14.3 Å². The molecule has 136 valence electrons. The zero-order chi connectivity index (χ0) is 18.3. The number of nitrogens with zero attached hydrogens (tertiary/aromatic N) is 3. The number of hydrogen-bond acceptors (Lipinski definition) is 3. The van der Waals surface area contributed by atoms with Gasteiger partial charge in [-0.25, -0.2) is 0 Å². The van der Waals surface area contributed by atoms with Crippen LogP contribution in [0.1, 0.15) is 29.9 Å². The Hall–Kier alpha value is -2.63. The molecule has 2 atom stereocenters. The zero-order valence-corrected chi connectivity index (χ0v) is 14.8. The molecule has 6 nitrogen and oxygen atoms in total. The van der Waals surface area contributed by atoms with Crippen molar-refractivity contribution in [3.63, 3.8) is 0 Å². The molecule has 0 unspecified atom stereocenters. The molecule has 1 aliphatic heterocycles. The lowest BCUT2D eigenvalue weighted by molar-refractivity contribution is -0.142. The second-order valence-corrected chi connectivity index (χ2v) is 7.60. The fourth-order valence-corrected chi connectivity index (χ4v) is 4.17. The van der Waals surface area contributed by atoms with E-state index >= 15 is 0 Å². The Labute approximate surface area is 152 Å². The second-order valence-electron chi connectivity index (χ2n) is 7.60. The van der Waals surface area contributed by atoms with Crippen LogP contribution in [-0.2, 0) is 16.1 Å². The predicted molar refractivity (Wildman–Crippen MR) is 95.5 cm³/mol. The summed E-state index contributed by atoms with van der Waals surface area (Å²) in [7, 11) is 0. The Kier molecular flexibility index (Phi) is 4.05. The van der Waals surface area contributed by atoms with Crippen molar-refractivity contribution in [3.8, 4) is 0 Å². The third-order valence-corrected chi connectivity index (χ3v) is 5.84. The summed E-state index contributed by atoms with van der Waals surface area (Å²) in [6, 6.07) is 9.73. The van der Waals surface area contributed by atoms with Gasteiger partial charge in [0, 0.05) is 31.4 Å². The molecule has 1 saturated heterocycles. The molecule has 1 aromatic carbocycles. The van der Waals surface area contributed by atoms with Crippen molar-refractivity contribution in [3.05, 3.63) is 53.9 Å². The van der Waals surface area contributed by atoms with E-state index in [0.717, 1.165) is 24.0 Å². The van der Waals surface area contributed by atoms with Crippen molar-refractivity contribution in [2.24, 2.45) is 11.3 Å². The highest BCUT2D eigenvalue weighted by atomic mass is 16.4. The molecule has 2 fully saturated rings. The number of aliphatic carboxylic acids is 1. The van der Waals surface area contributed by atoms with Crippen LogP contribution in [0.4, 0.5) is 0 Å². The standard InChI is InChI=1S/C20H23N3O3/c1-14-5-2-3-6-15(14)16-11-22(12-17(16)18(24)25)19(26)20(7-8-20)13-23-10-4-9-21-23/h2-6,9-10,16-17H,7-8,11-13H2,1H3,(H,24,25)/t16-,17+/m0/s1. The van der Waals surface area contributed by atoms with Gasteiger partial charge in [-0.05, 0) is 37.0 Å². The van der Waals surface area contributed by atoms with Crippen LogP contribution >= 0.6 is 0 Å². The number of aromatic nitrogens is 2. The smallest absolute Gasteiger partial charge is 0.308 e. The Bertz CT molecular complexity index is 827. The van der Waals surface area contributed by atoms with E-state index in [1.807, 2.05) is 43.5 Å². The highest BCUT2D eigenvalue weighted by molar-refractivity contribution is 5.86. The summed E-state index contributed by atoms with van der Waals surface area (Å²) in [5.74, 6) is -1.46. The molecule has 0 radical (unpaired) electrons. The highest BCUT2D eigenvalue weighted by Crippen LogP contribution is 2.50. The Balaban J connectivity index is 1.56. The summed E-state index contributed by atoms with van der Waals surface area (Å²) in [6.45, 7) is 3.33. The molecule has 0 spiro atoms. The van der Waals surface area contributed by atoms with Gasteiger partial charge >= 0.3 is 5.97 Å². The fraction of sp³-hybridized carbons (Fsp3) is 0.450. The van der Waals surface area contributed by atoms with Gasteiger partial charge in [0.25, 0.3) is 0 Å². The topological polar surface area (TPSA) is 75.4 Å². The van der Waals surface area contributed by atoms with Crippen molar-refractivity contribution >= 4 is 11.9 Å². The highest BCUT2D eigenvalue weighted by Gasteiger charge is 2.54. The molecule has 2 aliphatic rings. The van der Waals surface area contributed by atoms with Crippen molar-refractivity contribution < 1.29 is 14.7 Å². The maximum Gasteiger partial charge on any atom is 0.308 e. The molecule has 1 N–H and O–H groups in total. The van der Waals surface area contributed by atoms with Crippen LogP contribution < -0.4 is 0 Å². The SMILES string of the molecule is Cc1ccccc1[C@@H]1CN(C(=O)C2(Cn3cccn3)CC2)C[C@H]1C(=O)O. The van der Waals surface area contributed by atoms with Gasteiger partial charge in [0.2, 0.25) is 5.91 Å². The van der Waals surface area contributed by atoms with Crippen molar-refractivity contribution in [1.29, 1.82) is 0 Å². The maximum atomic E-state index is 13.2. The van der Waals surface area contributed by atoms with E-state index in [9.17, 15) is 14.7 Å². The molecule has 6 heteroatoms. The van der Waals surface area contributed by atoms with Crippen LogP contribution in [-0.4, -0.2) is 44.8 Å². The van der Waals surface area contributed by atoms with Crippen LogP contribution in [0.5, 0.6) is 0 Å². The summed E-state index contributed by atoms with van der Waals surface area (Å²) < 4.78 is 1.80. The quantitative estimate of drug-likeness (QED) is 0.895. The molecule has 1 amide bonds. The average Bonchev–Trinajstić information content (AvgIpc) is 3.04. The van der Waals surface area contributed by atoms with E-state index in [1.54, 1.807) is 15.8 Å². The zero-order valence-electron chi connectivity index (χ0n) is 14.8. The summed E-state index contributed by atoms with van der Waals surface area (Å²) in [4.78, 5) is 26.8. The number of carbonyl (C=O) groups excluding carboxylic acids is 1. The number of aryl methyl sites for hydroxylation is 1. The lowest BCUT2D eigenvalue weighted by atomic mass is 9.86. The average molecular weight is 353 g/mol. The Morgan fingerprint density at radius 1 is 1.23 bits per heavy atom. The number of amides is 1. The first-order chi connectivity index (χ1) is 12.5. The minimum Gasteiger partial charge on any atom is -0.481 e. The molecule has 0 bridgehead atoms. The third kappa shape index (κ3) is 2.89. The van der Waals surface area contributed by atoms with Crippen LogP contribution in [0.25, 0.3) is 0 Å². The van der Waals surface area contributed by atoms with Crippen molar-refractivity contribution in [1.82, 2.24) is 14.7 Å². The minimum atomic E-state index is -0.828. The molecular weight excluding hydrogens is 330 g/mol. The van der Waals surface area contributed by atoms with Gasteiger partial charge in [0.05, 0.1) is 17.9 Å². The monoisotopic (exact) mass is 353 g/mol. The summed E-state index contributed by atoms with van der Waals surface area (Å²) in [5.41, 5.74) is 1.71. The number of rotatable bonds is 5. The number of carboxylic acid groups (broad SMARTS) is 1. The van der Waals surface area contributed by atoms with Crippen molar-refractivity contribution in [2.45, 2.75) is 32.2 Å². The van der Waals surface area contributed by atoms with E-state index in [-0.39, 0.29) is 18.4 Å². The molecule has 1 aliphatic carbocycles. The van der Waals surface area contributed by atoms with Gasteiger partial charge in [-0.2, -0.15) is 5.10 Å². The summed E-state index contributed by atoms with van der Waals surface area (Å²) in [5, 5.41) is 13.9. The number of carboxylic acids is 1. The fourth-order valence-electron chi connectivity index (χ4n) is 4.17. The number of hydrogen-bond donors (Lipinski definition) is 1. The molecule has 4 rings (SSSR count). The van der Waals surface area contributed by atoms with Gasteiger partial charge < -0.3 is 10.0 Å². The van der Waals surface area contributed by atoms with Gasteiger partial charge in [0.15, 0.2) is 0 Å². The summed E-state index contributed by atoms with van der Waals surface area (Å²) in [6.07, 6.45) is 5.27. The van der Waals surface area contributed by atoms with Gasteiger partial charge in [-0.15, -0.1) is 0 Å². The van der Waals surface area contributed by atoms with Gasteiger partial charge in [-0.1, -0.05) is 24.3 Å². The van der Waals surface area contributed by atoms with Crippen LogP contribution in [0, 0.1) is 18.3 Å². The number of benzene rings is 1. The second kappa shape index (κ2) is 6.27. The first kappa shape index (κ1) is 16.8. The van der Waals surface area contributed by atoms with E-state index in [0.29, 0.717) is 13.1 Å². The van der Waals surface area contributed by atoms with E-state index in [1.165, 1.54) is 0 Å². The third-order valence-electron chi connectivity index (χ3n) is 5.84. The van der Waals surface area contributed by atoms with E-state index in [4.69, 9.17) is 0 Å². The summed E-state index contributed by atoms with van der Waals surface area (Å²) >= 11 is 0. The molecule has 1 aromatic heterocycles. The van der Waals surface area contributed by atoms with Crippen LogP contribution in [0.15, 0.2) is 42.7 Å². The largest absolute Gasteiger partial charge is 0.481 e. The van der Waals surface area contributed by atoms with Gasteiger partial charge in [0.1, 0.15) is 0 Å². The number of likely N-dealkylation sites (tertiary alicyclic amines) is 1. The first-order valence-corrected chi connectivity index (χ1v) is 9.05. The molecule has 1 saturated carbocycles. The van der Waals surface area contributed by atoms with Crippen molar-refractivity contribution in [2.75, 3.05) is 13.1 Å². The minimum absolute atomic E-state index is 0.0790. The molecular formula is C20H23N3O3. The first-order valence-electron chi connectivity index (χ1n) is 9.05. The van der Waals surface area contributed by atoms with Crippen LogP contribution in [0.3, 0.4) is 0 Å². The Morgan fingerprint density at radius 3 is 2.62 bits per heavy atom. The normalized spacial score (nSPS) is 23.8. The lowest BCUT2D eigenvalue weighted by Crippen LogP contribution is -2.38. The van der Waals surface area contributed by atoms with Crippen LogP contribution in [0.2, 0.25) is 0 Å². The predicted octanol–water partition coefficient (Wildman–Crippen LogP) is 2.30. The molecule has 26 heavy (non-hydrogen) atoms. The van der Waals surface area contributed by atoms with E-state index in [2.05, 4.69) is 5.10 Å². The van der Waals surface area contributed by atoms with E-state index < -0.39 is 17.3 Å². The molecule has 2 heterocycles. The lowest BCUT2D eigenvalue weighted by Gasteiger charge is -2.23. The number of carbonyl (C=O) groups is 2. The Morgan fingerprint density at radius 2 is 2.00 bits per heavy atom.